The van der Waals surface area contributed by atoms with Gasteiger partial charge in [-0.15, -0.1) is 0 Å². The van der Waals surface area contributed by atoms with E-state index >= 15 is 0 Å². The van der Waals surface area contributed by atoms with Crippen molar-refractivity contribution in [2.24, 2.45) is 4.99 Å². The quantitative estimate of drug-likeness (QED) is 0.326. The number of halogens is 1. The van der Waals surface area contributed by atoms with Gasteiger partial charge in [0.05, 0.1) is 0 Å². The summed E-state index contributed by atoms with van der Waals surface area (Å²) in [4.78, 5) is 4.15. The van der Waals surface area contributed by atoms with Gasteiger partial charge in [0.15, 0.2) is 0 Å². The molecule has 3 N–H and O–H groups in total. The molecule has 2 aromatic carbocycles. The van der Waals surface area contributed by atoms with Crippen molar-refractivity contribution < 1.29 is 10.2 Å². The molecule has 0 heterocycles. The van der Waals surface area contributed by atoms with Crippen molar-refractivity contribution in [1.82, 2.24) is 5.32 Å². The lowest BCUT2D eigenvalue weighted by Gasteiger charge is -2.32. The summed E-state index contributed by atoms with van der Waals surface area (Å²) in [7, 11) is 0. The highest BCUT2D eigenvalue weighted by molar-refractivity contribution is 6.29. The second kappa shape index (κ2) is 9.88. The standard InChI is InChI=1S/C26H29ClN2O2/c1-4-19(17-29-18(2)27)25(20-5-6-20)28-16-15-26(3,21-7-11-23(30)12-8-21)22-9-13-24(31)14-10-22/h4,7-14,17,28,30-31H,2,5-6,15-16H2,1,3H3/b19-4+,29-17-. The molecule has 4 nitrogen and oxygen atoms in total. The van der Waals surface area contributed by atoms with Gasteiger partial charge < -0.3 is 15.5 Å². The van der Waals surface area contributed by atoms with Gasteiger partial charge in [-0.05, 0) is 67.2 Å². The first-order valence-electron chi connectivity index (χ1n) is 10.4. The summed E-state index contributed by atoms with van der Waals surface area (Å²) in [6, 6.07) is 14.7. The Balaban J connectivity index is 1.84. The number of aliphatic imine (C=N–C) groups is 1. The van der Waals surface area contributed by atoms with E-state index in [1.165, 1.54) is 5.57 Å². The molecular formula is C26H29ClN2O2. The Morgan fingerprint density at radius 3 is 2.00 bits per heavy atom. The van der Waals surface area contributed by atoms with Crippen LogP contribution in [-0.2, 0) is 5.41 Å². The number of phenolic OH excluding ortho intramolecular Hbond substituents is 2. The van der Waals surface area contributed by atoms with Gasteiger partial charge in [0, 0.05) is 29.4 Å². The van der Waals surface area contributed by atoms with Crippen molar-refractivity contribution in [3.8, 4) is 11.5 Å². The van der Waals surface area contributed by atoms with Gasteiger partial charge in [0.25, 0.3) is 0 Å². The predicted molar refractivity (Wildman–Crippen MR) is 129 cm³/mol. The highest BCUT2D eigenvalue weighted by Crippen LogP contribution is 2.37. The molecule has 0 saturated heterocycles. The minimum absolute atomic E-state index is 0.244. The predicted octanol–water partition coefficient (Wildman–Crippen LogP) is 6.16. The van der Waals surface area contributed by atoms with E-state index in [9.17, 15) is 10.2 Å². The maximum Gasteiger partial charge on any atom is 0.121 e. The van der Waals surface area contributed by atoms with Crippen LogP contribution in [0.4, 0.5) is 0 Å². The fourth-order valence-corrected chi connectivity index (χ4v) is 3.77. The van der Waals surface area contributed by atoms with E-state index in [0.29, 0.717) is 0 Å². The molecule has 0 atom stereocenters. The number of nitrogens with zero attached hydrogens (tertiary/aromatic N) is 1. The molecule has 0 unspecified atom stereocenters. The van der Waals surface area contributed by atoms with E-state index < -0.39 is 0 Å². The number of hydrogen-bond acceptors (Lipinski definition) is 4. The molecule has 0 spiro atoms. The van der Waals surface area contributed by atoms with Gasteiger partial charge in [0.2, 0.25) is 0 Å². The summed E-state index contributed by atoms with van der Waals surface area (Å²) in [6.07, 6.45) is 6.76. The molecule has 5 heteroatoms. The van der Waals surface area contributed by atoms with Crippen LogP contribution in [0, 0.1) is 0 Å². The van der Waals surface area contributed by atoms with Crippen LogP contribution in [0.2, 0.25) is 0 Å². The van der Waals surface area contributed by atoms with Crippen molar-refractivity contribution in [2.45, 2.75) is 38.5 Å². The summed E-state index contributed by atoms with van der Waals surface area (Å²) >= 11 is 5.81. The minimum Gasteiger partial charge on any atom is -0.508 e. The third-order valence-electron chi connectivity index (χ3n) is 5.73. The number of aromatic hydroxyl groups is 2. The fraction of sp³-hybridized carbons (Fsp3) is 0.269. The Hall–Kier alpha value is -2.98. The summed E-state index contributed by atoms with van der Waals surface area (Å²) in [5.74, 6) is 0.488. The Kier molecular flexibility index (Phi) is 7.24. The van der Waals surface area contributed by atoms with Crippen LogP contribution in [0.3, 0.4) is 0 Å². The first-order valence-corrected chi connectivity index (χ1v) is 10.8. The molecular weight excluding hydrogens is 408 g/mol. The Morgan fingerprint density at radius 1 is 1.06 bits per heavy atom. The van der Waals surface area contributed by atoms with Crippen LogP contribution in [0.15, 0.2) is 88.2 Å². The Morgan fingerprint density at radius 2 is 1.58 bits per heavy atom. The second-order valence-corrected chi connectivity index (χ2v) is 8.40. The van der Waals surface area contributed by atoms with Crippen molar-refractivity contribution >= 4 is 17.8 Å². The average molecular weight is 437 g/mol. The molecule has 162 valence electrons. The highest BCUT2D eigenvalue weighted by Gasteiger charge is 2.29. The lowest BCUT2D eigenvalue weighted by Crippen LogP contribution is -2.29. The molecule has 31 heavy (non-hydrogen) atoms. The van der Waals surface area contributed by atoms with Crippen LogP contribution in [0.1, 0.15) is 44.2 Å². The smallest absolute Gasteiger partial charge is 0.121 e. The van der Waals surface area contributed by atoms with Gasteiger partial charge in [0.1, 0.15) is 16.7 Å². The monoisotopic (exact) mass is 436 g/mol. The lowest BCUT2D eigenvalue weighted by molar-refractivity contribution is 0.469. The summed E-state index contributed by atoms with van der Waals surface area (Å²) in [5, 5.41) is 23.4. The van der Waals surface area contributed by atoms with Crippen molar-refractivity contribution in [2.75, 3.05) is 6.54 Å². The molecule has 0 amide bonds. The van der Waals surface area contributed by atoms with E-state index in [0.717, 1.165) is 48.2 Å². The molecule has 1 aliphatic rings. The number of phenols is 2. The largest absolute Gasteiger partial charge is 0.508 e. The van der Waals surface area contributed by atoms with Gasteiger partial charge in [-0.2, -0.15) is 0 Å². The third-order valence-corrected chi connectivity index (χ3v) is 5.83. The molecule has 2 aromatic rings. The van der Waals surface area contributed by atoms with Crippen LogP contribution < -0.4 is 5.32 Å². The third kappa shape index (κ3) is 5.80. The van der Waals surface area contributed by atoms with Crippen LogP contribution in [0.5, 0.6) is 11.5 Å². The molecule has 1 aliphatic carbocycles. The summed E-state index contributed by atoms with van der Waals surface area (Å²) in [5.41, 5.74) is 5.40. The second-order valence-electron chi connectivity index (χ2n) is 7.96. The van der Waals surface area contributed by atoms with Crippen molar-refractivity contribution in [3.05, 3.63) is 94.3 Å². The maximum absolute atomic E-state index is 9.74. The normalized spacial score (nSPS) is 14.0. The van der Waals surface area contributed by atoms with Gasteiger partial charge in [-0.3, -0.25) is 0 Å². The van der Waals surface area contributed by atoms with Crippen LogP contribution in [-0.4, -0.2) is 23.0 Å². The fourth-order valence-electron chi connectivity index (χ4n) is 3.72. The van der Waals surface area contributed by atoms with Crippen molar-refractivity contribution in [3.63, 3.8) is 0 Å². The molecule has 0 bridgehead atoms. The molecule has 1 saturated carbocycles. The Bertz CT molecular complexity index is 967. The maximum atomic E-state index is 9.74. The lowest BCUT2D eigenvalue weighted by atomic mass is 9.73. The average Bonchev–Trinajstić information content (AvgIpc) is 3.58. The highest BCUT2D eigenvalue weighted by atomic mass is 35.5. The summed E-state index contributed by atoms with van der Waals surface area (Å²) in [6.45, 7) is 8.54. The van der Waals surface area contributed by atoms with E-state index in [4.69, 9.17) is 11.6 Å². The molecule has 1 fully saturated rings. The zero-order chi connectivity index (χ0) is 22.4. The summed E-state index contributed by atoms with van der Waals surface area (Å²) < 4.78 is 0. The minimum atomic E-state index is -0.303. The van der Waals surface area contributed by atoms with Crippen LogP contribution in [0.25, 0.3) is 0 Å². The number of nitrogens with one attached hydrogen (secondary N) is 1. The topological polar surface area (TPSA) is 64.9 Å². The number of rotatable bonds is 9. The van der Waals surface area contributed by atoms with E-state index in [-0.39, 0.29) is 22.1 Å². The van der Waals surface area contributed by atoms with E-state index in [1.54, 1.807) is 30.5 Å². The molecule has 0 radical (unpaired) electrons. The molecule has 3 rings (SSSR count). The van der Waals surface area contributed by atoms with E-state index in [2.05, 4.69) is 23.8 Å². The van der Waals surface area contributed by atoms with Gasteiger partial charge >= 0.3 is 0 Å². The Labute approximate surface area is 189 Å². The first kappa shape index (κ1) is 22.7. The zero-order valence-electron chi connectivity index (χ0n) is 18.0. The van der Waals surface area contributed by atoms with Crippen LogP contribution >= 0.6 is 11.6 Å². The number of allylic oxidation sites excluding steroid dienone is 3. The van der Waals surface area contributed by atoms with Gasteiger partial charge in [-0.25, -0.2) is 4.99 Å². The first-order chi connectivity index (χ1) is 14.8. The molecule has 0 aliphatic heterocycles. The SMILES string of the molecule is C=C(Cl)/N=C\C(=C/C)C(NCCC(C)(c1ccc(O)cc1)c1ccc(O)cc1)=C1CC1. The van der Waals surface area contributed by atoms with Crippen molar-refractivity contribution in [1.29, 1.82) is 0 Å². The number of benzene rings is 2. The van der Waals surface area contributed by atoms with E-state index in [1.807, 2.05) is 37.3 Å². The zero-order valence-corrected chi connectivity index (χ0v) is 18.8. The molecule has 0 aromatic heterocycles. The number of hydrogen-bond donors (Lipinski definition) is 3. The van der Waals surface area contributed by atoms with Gasteiger partial charge in [-0.1, -0.05) is 55.4 Å².